The van der Waals surface area contributed by atoms with Crippen molar-refractivity contribution in [2.75, 3.05) is 26.7 Å². The van der Waals surface area contributed by atoms with Crippen LogP contribution in [0.2, 0.25) is 0 Å². The molecule has 2 heteroatoms. The first-order valence-electron chi connectivity index (χ1n) is 6.64. The van der Waals surface area contributed by atoms with Gasteiger partial charge in [-0.1, -0.05) is 44.2 Å². The summed E-state index contributed by atoms with van der Waals surface area (Å²) < 4.78 is 0. The number of hydrogen-bond acceptors (Lipinski definition) is 2. The zero-order chi connectivity index (χ0) is 12.5. The highest BCUT2D eigenvalue weighted by molar-refractivity contribution is 5.14. The number of likely N-dealkylation sites (N-methyl/N-ethyl adjacent to an activating group) is 1. The van der Waals surface area contributed by atoms with Gasteiger partial charge < -0.3 is 10.2 Å². The van der Waals surface area contributed by atoms with Crippen LogP contribution in [0.3, 0.4) is 0 Å². The molecular formula is C15H26N2. The lowest BCUT2D eigenvalue weighted by Gasteiger charge is -2.17. The Balaban J connectivity index is 2.06. The maximum absolute atomic E-state index is 3.44. The zero-order valence-electron chi connectivity index (χ0n) is 11.4. The molecule has 1 rings (SSSR count). The Morgan fingerprint density at radius 1 is 1.12 bits per heavy atom. The van der Waals surface area contributed by atoms with Crippen molar-refractivity contribution >= 4 is 0 Å². The molecule has 0 radical (unpaired) electrons. The molecule has 96 valence electrons. The van der Waals surface area contributed by atoms with Crippen LogP contribution >= 0.6 is 0 Å². The quantitative estimate of drug-likeness (QED) is 0.743. The number of benzene rings is 1. The molecular weight excluding hydrogens is 208 g/mol. The Hall–Kier alpha value is -0.860. The minimum absolute atomic E-state index is 0.590. The van der Waals surface area contributed by atoms with Crippen LogP contribution in [0.4, 0.5) is 0 Å². The van der Waals surface area contributed by atoms with Gasteiger partial charge in [0.05, 0.1) is 0 Å². The number of nitrogens with zero attached hydrogens (tertiary/aromatic N) is 1. The van der Waals surface area contributed by atoms with Crippen molar-refractivity contribution in [3.05, 3.63) is 35.9 Å². The van der Waals surface area contributed by atoms with E-state index in [0.717, 1.165) is 13.1 Å². The highest BCUT2D eigenvalue weighted by Gasteiger charge is 1.99. The molecule has 0 saturated heterocycles. The summed E-state index contributed by atoms with van der Waals surface area (Å²) in [5, 5.41) is 3.44. The van der Waals surface area contributed by atoms with Gasteiger partial charge in [-0.3, -0.25) is 0 Å². The second kappa shape index (κ2) is 8.26. The van der Waals surface area contributed by atoms with Crippen molar-refractivity contribution in [2.45, 2.75) is 32.7 Å². The third-order valence-electron chi connectivity index (χ3n) is 2.89. The number of aryl methyl sites for hydroxylation is 1. The molecule has 0 aliphatic carbocycles. The average molecular weight is 234 g/mol. The molecule has 1 N–H and O–H groups in total. The topological polar surface area (TPSA) is 15.3 Å². The van der Waals surface area contributed by atoms with E-state index in [2.05, 4.69) is 61.4 Å². The standard InChI is InChI=1S/C15H26N2/c1-14(2)16-11-13-17(3)12-7-10-15-8-5-4-6-9-15/h4-6,8-9,14,16H,7,10-13H2,1-3H3. The van der Waals surface area contributed by atoms with Crippen LogP contribution in [-0.2, 0) is 6.42 Å². The van der Waals surface area contributed by atoms with E-state index in [4.69, 9.17) is 0 Å². The maximum Gasteiger partial charge on any atom is 0.0104 e. The molecule has 0 saturated carbocycles. The van der Waals surface area contributed by atoms with Gasteiger partial charge >= 0.3 is 0 Å². The summed E-state index contributed by atoms with van der Waals surface area (Å²) in [4.78, 5) is 2.40. The first-order chi connectivity index (χ1) is 8.18. The molecule has 0 aliphatic heterocycles. The first-order valence-corrected chi connectivity index (χ1v) is 6.64. The average Bonchev–Trinajstić information content (AvgIpc) is 2.30. The van der Waals surface area contributed by atoms with Crippen LogP contribution < -0.4 is 5.32 Å². The van der Waals surface area contributed by atoms with Gasteiger partial charge in [0.25, 0.3) is 0 Å². The number of hydrogen-bond donors (Lipinski definition) is 1. The molecule has 0 aliphatic rings. The van der Waals surface area contributed by atoms with Gasteiger partial charge in [0.2, 0.25) is 0 Å². The molecule has 0 aromatic heterocycles. The Morgan fingerprint density at radius 2 is 1.82 bits per heavy atom. The molecule has 0 unspecified atom stereocenters. The Kier molecular flexibility index (Phi) is 6.90. The summed E-state index contributed by atoms with van der Waals surface area (Å²) in [6.45, 7) is 7.77. The van der Waals surface area contributed by atoms with Gasteiger partial charge in [-0.25, -0.2) is 0 Å². The third kappa shape index (κ3) is 7.14. The molecule has 17 heavy (non-hydrogen) atoms. The van der Waals surface area contributed by atoms with Crippen LogP contribution in [0.25, 0.3) is 0 Å². The lowest BCUT2D eigenvalue weighted by Crippen LogP contribution is -2.33. The van der Waals surface area contributed by atoms with Crippen LogP contribution in [0, 0.1) is 0 Å². The number of rotatable bonds is 8. The fourth-order valence-electron chi connectivity index (χ4n) is 1.85. The van der Waals surface area contributed by atoms with Crippen molar-refractivity contribution in [3.8, 4) is 0 Å². The van der Waals surface area contributed by atoms with Crippen LogP contribution in [0.1, 0.15) is 25.8 Å². The van der Waals surface area contributed by atoms with Gasteiger partial charge in [0.15, 0.2) is 0 Å². The largest absolute Gasteiger partial charge is 0.313 e. The first kappa shape index (κ1) is 14.2. The molecule has 1 aromatic rings. The van der Waals surface area contributed by atoms with E-state index in [0.29, 0.717) is 6.04 Å². The molecule has 0 heterocycles. The smallest absolute Gasteiger partial charge is 0.0104 e. The third-order valence-corrected chi connectivity index (χ3v) is 2.89. The summed E-state index contributed by atoms with van der Waals surface area (Å²) in [6.07, 6.45) is 2.42. The molecule has 2 nitrogen and oxygen atoms in total. The molecule has 1 aromatic carbocycles. The maximum atomic E-state index is 3.44. The van der Waals surface area contributed by atoms with Crippen molar-refractivity contribution in [1.29, 1.82) is 0 Å². The Morgan fingerprint density at radius 3 is 2.47 bits per heavy atom. The fourth-order valence-corrected chi connectivity index (χ4v) is 1.85. The highest BCUT2D eigenvalue weighted by atomic mass is 15.1. The van der Waals surface area contributed by atoms with Gasteiger partial charge in [-0.2, -0.15) is 0 Å². The van der Waals surface area contributed by atoms with Gasteiger partial charge in [-0.15, -0.1) is 0 Å². The zero-order valence-corrected chi connectivity index (χ0v) is 11.4. The van der Waals surface area contributed by atoms with E-state index in [1.54, 1.807) is 0 Å². The van der Waals surface area contributed by atoms with Crippen molar-refractivity contribution in [3.63, 3.8) is 0 Å². The van der Waals surface area contributed by atoms with Crippen molar-refractivity contribution in [1.82, 2.24) is 10.2 Å². The molecule has 0 amide bonds. The molecule has 0 atom stereocenters. The van der Waals surface area contributed by atoms with E-state index >= 15 is 0 Å². The van der Waals surface area contributed by atoms with E-state index < -0.39 is 0 Å². The monoisotopic (exact) mass is 234 g/mol. The Bertz CT molecular complexity index is 282. The normalized spacial score (nSPS) is 11.4. The predicted molar refractivity (Wildman–Crippen MR) is 75.4 cm³/mol. The van der Waals surface area contributed by atoms with E-state index in [9.17, 15) is 0 Å². The minimum atomic E-state index is 0.590. The highest BCUT2D eigenvalue weighted by Crippen LogP contribution is 2.02. The summed E-state index contributed by atoms with van der Waals surface area (Å²) in [5.41, 5.74) is 1.45. The second-order valence-corrected chi connectivity index (χ2v) is 5.00. The second-order valence-electron chi connectivity index (χ2n) is 5.00. The van der Waals surface area contributed by atoms with Crippen molar-refractivity contribution < 1.29 is 0 Å². The van der Waals surface area contributed by atoms with Crippen molar-refractivity contribution in [2.24, 2.45) is 0 Å². The SMILES string of the molecule is CC(C)NCCN(C)CCCc1ccccc1. The lowest BCUT2D eigenvalue weighted by molar-refractivity contribution is 0.323. The van der Waals surface area contributed by atoms with Crippen LogP contribution in [0.5, 0.6) is 0 Å². The summed E-state index contributed by atoms with van der Waals surface area (Å²) in [5.74, 6) is 0. The van der Waals surface area contributed by atoms with E-state index in [-0.39, 0.29) is 0 Å². The fraction of sp³-hybridized carbons (Fsp3) is 0.600. The molecule has 0 fully saturated rings. The Labute approximate surface area is 106 Å². The number of nitrogens with one attached hydrogen (secondary N) is 1. The molecule has 0 bridgehead atoms. The molecule has 0 spiro atoms. The summed E-state index contributed by atoms with van der Waals surface area (Å²) >= 11 is 0. The van der Waals surface area contributed by atoms with Gasteiger partial charge in [-0.05, 0) is 32.0 Å². The van der Waals surface area contributed by atoms with Gasteiger partial charge in [0.1, 0.15) is 0 Å². The van der Waals surface area contributed by atoms with Crippen LogP contribution in [0.15, 0.2) is 30.3 Å². The predicted octanol–water partition coefficient (Wildman–Crippen LogP) is 2.55. The lowest BCUT2D eigenvalue weighted by atomic mass is 10.1. The summed E-state index contributed by atoms with van der Waals surface area (Å²) in [6, 6.07) is 11.3. The van der Waals surface area contributed by atoms with E-state index in [1.807, 2.05) is 0 Å². The van der Waals surface area contributed by atoms with Gasteiger partial charge in [0, 0.05) is 19.1 Å². The van der Waals surface area contributed by atoms with Crippen LogP contribution in [-0.4, -0.2) is 37.6 Å². The summed E-state index contributed by atoms with van der Waals surface area (Å²) in [7, 11) is 2.20. The van der Waals surface area contributed by atoms with E-state index in [1.165, 1.54) is 24.9 Å². The minimum Gasteiger partial charge on any atom is -0.313 e.